The maximum atomic E-state index is 12.1. The highest BCUT2D eigenvalue weighted by atomic mass is 127. The Balaban J connectivity index is 2.14. The Morgan fingerprint density at radius 2 is 1.90 bits per heavy atom. The van der Waals surface area contributed by atoms with Crippen molar-refractivity contribution in [1.29, 1.82) is 0 Å². The van der Waals surface area contributed by atoms with Crippen molar-refractivity contribution in [1.82, 2.24) is 0 Å². The fourth-order valence-electron chi connectivity index (χ4n) is 1.71. The monoisotopic (exact) mass is 441 g/mol. The number of amides is 1. The van der Waals surface area contributed by atoms with Crippen LogP contribution >= 0.6 is 38.5 Å². The number of carbonyl (C=O) groups is 1. The van der Waals surface area contributed by atoms with Crippen LogP contribution in [-0.2, 0) is 4.79 Å². The van der Waals surface area contributed by atoms with Gasteiger partial charge in [0.1, 0.15) is 0 Å². The van der Waals surface area contributed by atoms with Crippen LogP contribution in [0.2, 0.25) is 0 Å². The first-order valence-electron chi connectivity index (χ1n) is 6.06. The predicted molar refractivity (Wildman–Crippen MR) is 95.9 cm³/mol. The lowest BCUT2D eigenvalue weighted by Gasteiger charge is -2.08. The van der Waals surface area contributed by atoms with Crippen LogP contribution in [0.5, 0.6) is 0 Å². The average molecular weight is 442 g/mol. The van der Waals surface area contributed by atoms with Crippen molar-refractivity contribution < 1.29 is 4.79 Å². The summed E-state index contributed by atoms with van der Waals surface area (Å²) in [5.74, 6) is -0.154. The third-order valence-electron chi connectivity index (χ3n) is 2.75. The molecule has 0 aliphatic rings. The van der Waals surface area contributed by atoms with Crippen LogP contribution in [0.15, 0.2) is 53.0 Å². The smallest absolute Gasteiger partial charge is 0.262 e. The summed E-state index contributed by atoms with van der Waals surface area (Å²) >= 11 is 5.57. The number of rotatable bonds is 3. The Kier molecular flexibility index (Phi) is 5.37. The van der Waals surface area contributed by atoms with Crippen LogP contribution in [0.4, 0.5) is 5.69 Å². The molecule has 2 aromatic carbocycles. The number of hydrogen-bond acceptors (Lipinski definition) is 1. The highest BCUT2D eigenvalue weighted by molar-refractivity contribution is 14.1. The summed E-state index contributed by atoms with van der Waals surface area (Å²) in [6.45, 7) is 1.98. The van der Waals surface area contributed by atoms with E-state index >= 15 is 0 Å². The summed E-state index contributed by atoms with van der Waals surface area (Å²) in [6.07, 6.45) is 1.80. The zero-order valence-corrected chi connectivity index (χ0v) is 14.6. The molecule has 0 atom stereocenters. The molecule has 0 radical (unpaired) electrons. The van der Waals surface area contributed by atoms with Crippen molar-refractivity contribution >= 4 is 56.2 Å². The van der Waals surface area contributed by atoms with E-state index in [9.17, 15) is 4.79 Å². The fraction of sp³-hybridized carbons (Fsp3) is 0.0625. The minimum atomic E-state index is -0.154. The van der Waals surface area contributed by atoms with Gasteiger partial charge in [-0.3, -0.25) is 4.79 Å². The number of halogens is 2. The molecule has 0 aromatic heterocycles. The first-order valence-corrected chi connectivity index (χ1v) is 7.93. The third kappa shape index (κ3) is 4.18. The Bertz CT molecular complexity index is 653. The van der Waals surface area contributed by atoms with Gasteiger partial charge in [0.15, 0.2) is 0 Å². The van der Waals surface area contributed by atoms with Crippen molar-refractivity contribution in [3.05, 3.63) is 67.7 Å². The van der Waals surface area contributed by atoms with E-state index in [-0.39, 0.29) is 5.91 Å². The molecule has 2 rings (SSSR count). The highest BCUT2D eigenvalue weighted by Gasteiger charge is 2.08. The molecule has 102 valence electrons. The first kappa shape index (κ1) is 15.3. The maximum absolute atomic E-state index is 12.1. The molecule has 20 heavy (non-hydrogen) atoms. The third-order valence-corrected chi connectivity index (χ3v) is 4.01. The predicted octanol–water partition coefficient (Wildman–Crippen LogP) is 4.97. The largest absolute Gasteiger partial charge is 0.321 e. The Morgan fingerprint density at radius 3 is 2.55 bits per heavy atom. The molecular weight excluding hydrogens is 429 g/mol. The summed E-state index contributed by atoms with van der Waals surface area (Å²) < 4.78 is 1.65. The van der Waals surface area contributed by atoms with Gasteiger partial charge in [0.2, 0.25) is 0 Å². The van der Waals surface area contributed by atoms with Crippen LogP contribution in [-0.4, -0.2) is 5.91 Å². The normalized spacial score (nSPS) is 11.2. The lowest BCUT2D eigenvalue weighted by atomic mass is 10.2. The van der Waals surface area contributed by atoms with Gasteiger partial charge in [-0.25, -0.2) is 0 Å². The molecule has 0 heterocycles. The van der Waals surface area contributed by atoms with E-state index in [2.05, 4.69) is 43.8 Å². The molecule has 0 saturated carbocycles. The molecule has 0 unspecified atom stereocenters. The van der Waals surface area contributed by atoms with E-state index < -0.39 is 0 Å². The van der Waals surface area contributed by atoms with Crippen molar-refractivity contribution in [3.63, 3.8) is 0 Å². The van der Waals surface area contributed by atoms with Gasteiger partial charge in [0.25, 0.3) is 5.91 Å². The second kappa shape index (κ2) is 7.04. The van der Waals surface area contributed by atoms with E-state index in [0.29, 0.717) is 4.48 Å². The zero-order valence-electron chi connectivity index (χ0n) is 10.9. The van der Waals surface area contributed by atoms with E-state index in [0.717, 1.165) is 20.4 Å². The molecule has 0 saturated heterocycles. The average Bonchev–Trinajstić information content (AvgIpc) is 2.43. The fourth-order valence-corrected chi connectivity index (χ4v) is 2.72. The van der Waals surface area contributed by atoms with Gasteiger partial charge in [-0.2, -0.15) is 0 Å². The molecule has 2 nitrogen and oxygen atoms in total. The van der Waals surface area contributed by atoms with E-state index in [1.54, 1.807) is 6.08 Å². The van der Waals surface area contributed by atoms with Gasteiger partial charge in [-0.1, -0.05) is 30.3 Å². The standard InChI is InChI=1S/C16H13BrINO/c1-11-9-13(18)7-8-15(11)19-16(20)14(17)10-12-5-3-2-4-6-12/h2-10H,1H3,(H,19,20). The Hall–Kier alpha value is -1.14. The van der Waals surface area contributed by atoms with Crippen molar-refractivity contribution in [2.45, 2.75) is 6.92 Å². The molecular formula is C16H13BrINO. The minimum Gasteiger partial charge on any atom is -0.321 e. The topological polar surface area (TPSA) is 29.1 Å². The number of carbonyl (C=O) groups excluding carboxylic acids is 1. The van der Waals surface area contributed by atoms with Crippen LogP contribution in [0, 0.1) is 10.5 Å². The lowest BCUT2D eigenvalue weighted by molar-refractivity contribution is -0.112. The second-order valence-electron chi connectivity index (χ2n) is 4.32. The summed E-state index contributed by atoms with van der Waals surface area (Å²) in [7, 11) is 0. The minimum absolute atomic E-state index is 0.154. The quantitative estimate of drug-likeness (QED) is 0.528. The molecule has 0 aliphatic carbocycles. The van der Waals surface area contributed by atoms with Gasteiger partial charge >= 0.3 is 0 Å². The van der Waals surface area contributed by atoms with Gasteiger partial charge in [0.05, 0.1) is 4.48 Å². The van der Waals surface area contributed by atoms with Crippen LogP contribution in [0.25, 0.3) is 6.08 Å². The molecule has 4 heteroatoms. The van der Waals surface area contributed by atoms with Gasteiger partial charge in [-0.15, -0.1) is 0 Å². The molecule has 0 aliphatic heterocycles. The lowest BCUT2D eigenvalue weighted by Crippen LogP contribution is -2.12. The second-order valence-corrected chi connectivity index (χ2v) is 6.42. The van der Waals surface area contributed by atoms with Crippen LogP contribution in [0.1, 0.15) is 11.1 Å². The van der Waals surface area contributed by atoms with Crippen LogP contribution in [0.3, 0.4) is 0 Å². The number of hydrogen-bond donors (Lipinski definition) is 1. The van der Waals surface area contributed by atoms with Gasteiger partial charge < -0.3 is 5.32 Å². The Labute approximate surface area is 140 Å². The maximum Gasteiger partial charge on any atom is 0.262 e. The number of nitrogens with one attached hydrogen (secondary N) is 1. The number of anilines is 1. The first-order chi connectivity index (χ1) is 9.56. The summed E-state index contributed by atoms with van der Waals surface area (Å²) in [4.78, 5) is 12.1. The SMILES string of the molecule is Cc1cc(I)ccc1NC(=O)C(Br)=Cc1ccccc1. The Morgan fingerprint density at radius 1 is 1.20 bits per heavy atom. The van der Waals surface area contributed by atoms with E-state index in [1.165, 1.54) is 0 Å². The van der Waals surface area contributed by atoms with Gasteiger partial charge in [0, 0.05) is 9.26 Å². The number of benzene rings is 2. The zero-order chi connectivity index (χ0) is 14.5. The molecule has 0 fully saturated rings. The van der Waals surface area contributed by atoms with Crippen molar-refractivity contribution in [2.75, 3.05) is 5.32 Å². The highest BCUT2D eigenvalue weighted by Crippen LogP contribution is 2.20. The van der Waals surface area contributed by atoms with Gasteiger partial charge in [-0.05, 0) is 80.8 Å². The number of aryl methyl sites for hydroxylation is 1. The molecule has 1 N–H and O–H groups in total. The molecule has 0 bridgehead atoms. The summed E-state index contributed by atoms with van der Waals surface area (Å²) in [5.41, 5.74) is 2.85. The molecule has 0 spiro atoms. The van der Waals surface area contributed by atoms with E-state index in [1.807, 2.05) is 55.5 Å². The molecule has 2 aromatic rings. The van der Waals surface area contributed by atoms with Crippen LogP contribution < -0.4 is 5.32 Å². The molecule has 1 amide bonds. The van der Waals surface area contributed by atoms with E-state index in [4.69, 9.17) is 0 Å². The summed E-state index contributed by atoms with van der Waals surface area (Å²) in [5, 5.41) is 2.90. The van der Waals surface area contributed by atoms with Crippen molar-refractivity contribution in [3.8, 4) is 0 Å². The summed E-state index contributed by atoms with van der Waals surface area (Å²) in [6, 6.07) is 15.6. The van der Waals surface area contributed by atoms with Crippen molar-refractivity contribution in [2.24, 2.45) is 0 Å².